The molecule has 0 aromatic rings. The van der Waals surface area contributed by atoms with Crippen LogP contribution in [0.3, 0.4) is 0 Å². The van der Waals surface area contributed by atoms with Gasteiger partial charge in [0.05, 0.1) is 0 Å². The number of esters is 1. The molecule has 1 saturated carbocycles. The summed E-state index contributed by atoms with van der Waals surface area (Å²) in [5.74, 6) is 1.96. The number of hydrogen-bond acceptors (Lipinski definition) is 4. The monoisotopic (exact) mass is 329 g/mol. The Kier molecular flexibility index (Phi) is 11.0. The van der Waals surface area contributed by atoms with E-state index in [1.165, 1.54) is 25.0 Å². The maximum Gasteiger partial charge on any atom is 0.306 e. The van der Waals surface area contributed by atoms with Gasteiger partial charge in [0.2, 0.25) is 0 Å². The highest BCUT2D eigenvalue weighted by Crippen LogP contribution is 2.21. The van der Waals surface area contributed by atoms with Gasteiger partial charge in [0.15, 0.2) is 5.96 Å². The second-order valence-corrected chi connectivity index (χ2v) is 6.61. The van der Waals surface area contributed by atoms with Crippen molar-refractivity contribution in [1.82, 2.24) is 10.6 Å². The molecule has 0 aromatic carbocycles. The summed E-state index contributed by atoms with van der Waals surface area (Å²) in [5.41, 5.74) is 0. The van der Waals surface area contributed by atoms with Crippen LogP contribution in [0.2, 0.25) is 0 Å². The van der Waals surface area contributed by atoms with Crippen LogP contribution in [0.5, 0.6) is 0 Å². The third-order valence-corrected chi connectivity index (χ3v) is 4.44. The molecular formula is C16H31N3O2S. The quantitative estimate of drug-likeness (QED) is 0.279. The van der Waals surface area contributed by atoms with Crippen molar-refractivity contribution in [3.8, 4) is 0 Å². The number of guanidine groups is 1. The zero-order valence-electron chi connectivity index (χ0n) is 14.0. The van der Waals surface area contributed by atoms with Crippen molar-refractivity contribution < 1.29 is 9.53 Å². The third-order valence-electron chi connectivity index (χ3n) is 3.74. The predicted octanol–water partition coefficient (Wildman–Crippen LogP) is 2.56. The number of nitrogens with zero attached hydrogens (tertiary/aromatic N) is 1. The van der Waals surface area contributed by atoms with Crippen LogP contribution in [-0.2, 0) is 9.53 Å². The second kappa shape index (κ2) is 12.6. The van der Waals surface area contributed by atoms with E-state index in [0.717, 1.165) is 44.7 Å². The number of carbonyl (C=O) groups excluding carboxylic acids is 1. The van der Waals surface area contributed by atoms with Crippen LogP contribution in [0.15, 0.2) is 4.99 Å². The largest absolute Gasteiger partial charge is 0.462 e. The number of carbonyl (C=O) groups is 1. The van der Waals surface area contributed by atoms with Gasteiger partial charge in [-0.2, -0.15) is 11.8 Å². The van der Waals surface area contributed by atoms with Gasteiger partial charge in [-0.1, -0.05) is 0 Å². The first-order valence-electron chi connectivity index (χ1n) is 8.39. The van der Waals surface area contributed by atoms with Crippen LogP contribution < -0.4 is 10.6 Å². The number of hydrogen-bond donors (Lipinski definition) is 2. The van der Waals surface area contributed by atoms with Gasteiger partial charge < -0.3 is 15.4 Å². The second-order valence-electron chi connectivity index (χ2n) is 5.63. The molecule has 0 aromatic heterocycles. The fourth-order valence-corrected chi connectivity index (χ4v) is 2.98. The Morgan fingerprint density at radius 1 is 1.18 bits per heavy atom. The van der Waals surface area contributed by atoms with Gasteiger partial charge in [0, 0.05) is 26.6 Å². The minimum absolute atomic E-state index is 0.0614. The lowest BCUT2D eigenvalue weighted by molar-refractivity contribution is -0.148. The molecule has 0 saturated heterocycles. The topological polar surface area (TPSA) is 62.7 Å². The Balaban J connectivity index is 2.00. The molecule has 0 aliphatic heterocycles. The van der Waals surface area contributed by atoms with Gasteiger partial charge in [-0.15, -0.1) is 0 Å². The molecule has 22 heavy (non-hydrogen) atoms. The van der Waals surface area contributed by atoms with Gasteiger partial charge >= 0.3 is 5.97 Å². The Bertz CT molecular complexity index is 331. The summed E-state index contributed by atoms with van der Waals surface area (Å²) in [4.78, 5) is 15.9. The van der Waals surface area contributed by atoms with Crippen molar-refractivity contribution in [2.24, 2.45) is 4.99 Å². The number of ether oxygens (including phenoxy) is 1. The van der Waals surface area contributed by atoms with Crippen molar-refractivity contribution in [2.45, 2.75) is 57.5 Å². The molecule has 0 bridgehead atoms. The summed E-state index contributed by atoms with van der Waals surface area (Å²) in [5, 5.41) is 6.52. The number of rotatable bonds is 10. The summed E-state index contributed by atoms with van der Waals surface area (Å²) in [6.07, 6.45) is 10.4. The van der Waals surface area contributed by atoms with Crippen LogP contribution in [0, 0.1) is 0 Å². The van der Waals surface area contributed by atoms with Crippen LogP contribution >= 0.6 is 11.8 Å². The standard InChI is InChI=1S/C16H31N3O2S/c1-17-16(18-11-5-6-13-22-2)19-12-7-10-15(20)21-14-8-3-4-9-14/h14H,3-13H2,1-2H3,(H2,17,18,19). The lowest BCUT2D eigenvalue weighted by Gasteiger charge is -2.13. The average Bonchev–Trinajstić information content (AvgIpc) is 3.02. The van der Waals surface area contributed by atoms with E-state index in [-0.39, 0.29) is 12.1 Å². The molecule has 6 heteroatoms. The predicted molar refractivity (Wildman–Crippen MR) is 94.6 cm³/mol. The van der Waals surface area contributed by atoms with E-state index in [9.17, 15) is 4.79 Å². The van der Waals surface area contributed by atoms with E-state index in [4.69, 9.17) is 4.74 Å². The first kappa shape index (κ1) is 19.1. The van der Waals surface area contributed by atoms with Crippen molar-refractivity contribution in [2.75, 3.05) is 32.1 Å². The van der Waals surface area contributed by atoms with Crippen molar-refractivity contribution in [3.05, 3.63) is 0 Å². The molecule has 128 valence electrons. The summed E-state index contributed by atoms with van der Waals surface area (Å²) in [7, 11) is 1.77. The van der Waals surface area contributed by atoms with E-state index in [2.05, 4.69) is 21.9 Å². The lowest BCUT2D eigenvalue weighted by Crippen LogP contribution is -2.38. The summed E-state index contributed by atoms with van der Waals surface area (Å²) in [6, 6.07) is 0. The average molecular weight is 330 g/mol. The highest BCUT2D eigenvalue weighted by atomic mass is 32.2. The summed E-state index contributed by atoms with van der Waals surface area (Å²) in [6.45, 7) is 1.67. The van der Waals surface area contributed by atoms with E-state index in [1.807, 2.05) is 11.8 Å². The molecule has 0 atom stereocenters. The molecule has 1 aliphatic rings. The molecule has 2 N–H and O–H groups in total. The summed E-state index contributed by atoms with van der Waals surface area (Å²) >= 11 is 1.88. The van der Waals surface area contributed by atoms with Crippen molar-refractivity contribution in [1.29, 1.82) is 0 Å². The molecule has 5 nitrogen and oxygen atoms in total. The fraction of sp³-hybridized carbons (Fsp3) is 0.875. The molecule has 0 spiro atoms. The highest BCUT2D eigenvalue weighted by Gasteiger charge is 2.18. The SMILES string of the molecule is CN=C(NCCCCSC)NCCCC(=O)OC1CCCC1. The van der Waals surface area contributed by atoms with Gasteiger partial charge in [-0.3, -0.25) is 9.79 Å². The molecule has 1 rings (SSSR count). The number of unbranched alkanes of at least 4 members (excludes halogenated alkanes) is 1. The number of nitrogens with one attached hydrogen (secondary N) is 2. The fourth-order valence-electron chi connectivity index (χ4n) is 2.49. The smallest absolute Gasteiger partial charge is 0.306 e. The van der Waals surface area contributed by atoms with Crippen molar-refractivity contribution >= 4 is 23.7 Å². The van der Waals surface area contributed by atoms with Gasteiger partial charge in [-0.25, -0.2) is 0 Å². The zero-order chi connectivity index (χ0) is 16.0. The van der Waals surface area contributed by atoms with Crippen LogP contribution in [-0.4, -0.2) is 50.2 Å². The molecule has 1 fully saturated rings. The molecule has 0 unspecified atom stereocenters. The highest BCUT2D eigenvalue weighted by molar-refractivity contribution is 7.98. The number of aliphatic imine (C=N–C) groups is 1. The van der Waals surface area contributed by atoms with Crippen molar-refractivity contribution in [3.63, 3.8) is 0 Å². The maximum atomic E-state index is 11.7. The Hall–Kier alpha value is -0.910. The van der Waals surface area contributed by atoms with E-state index in [1.54, 1.807) is 7.05 Å². The summed E-state index contributed by atoms with van der Waals surface area (Å²) < 4.78 is 5.43. The van der Waals surface area contributed by atoms with Crippen LogP contribution in [0.4, 0.5) is 0 Å². The molecular weight excluding hydrogens is 298 g/mol. The van der Waals surface area contributed by atoms with E-state index < -0.39 is 0 Å². The Morgan fingerprint density at radius 3 is 2.50 bits per heavy atom. The normalized spacial score (nSPS) is 15.8. The van der Waals surface area contributed by atoms with Crippen LogP contribution in [0.25, 0.3) is 0 Å². The van der Waals surface area contributed by atoms with Gasteiger partial charge in [0.1, 0.15) is 6.10 Å². The molecule has 0 heterocycles. The van der Waals surface area contributed by atoms with Crippen LogP contribution in [0.1, 0.15) is 51.4 Å². The molecule has 1 aliphatic carbocycles. The molecule has 0 radical (unpaired) electrons. The maximum absolute atomic E-state index is 11.7. The third kappa shape index (κ3) is 9.18. The Morgan fingerprint density at radius 2 is 1.86 bits per heavy atom. The minimum atomic E-state index is -0.0614. The Labute approximate surface area is 139 Å². The zero-order valence-corrected chi connectivity index (χ0v) is 14.8. The lowest BCUT2D eigenvalue weighted by atomic mass is 10.3. The minimum Gasteiger partial charge on any atom is -0.462 e. The van der Waals surface area contributed by atoms with Gasteiger partial charge in [0.25, 0.3) is 0 Å². The molecule has 0 amide bonds. The van der Waals surface area contributed by atoms with Gasteiger partial charge in [-0.05, 0) is 57.0 Å². The first-order valence-corrected chi connectivity index (χ1v) is 9.78. The first-order chi connectivity index (χ1) is 10.8. The van der Waals surface area contributed by atoms with E-state index >= 15 is 0 Å². The van der Waals surface area contributed by atoms with E-state index in [0.29, 0.717) is 6.42 Å². The number of thioether (sulfide) groups is 1.